The molecule has 1 aromatic heterocycles. The number of fused-ring (bicyclic) bond motifs is 1. The van der Waals surface area contributed by atoms with E-state index in [0.717, 1.165) is 24.9 Å². The summed E-state index contributed by atoms with van der Waals surface area (Å²) >= 11 is 0. The molecule has 0 bridgehead atoms. The Morgan fingerprint density at radius 3 is 2.84 bits per heavy atom. The first-order chi connectivity index (χ1) is 9.29. The molecule has 102 valence electrons. The molecule has 19 heavy (non-hydrogen) atoms. The highest BCUT2D eigenvalue weighted by atomic mass is 15.1. The number of nitrogens with zero attached hydrogens (tertiary/aromatic N) is 2. The van der Waals surface area contributed by atoms with Crippen LogP contribution < -0.4 is 5.73 Å². The Kier molecular flexibility index (Phi) is 3.56. The first-order valence-electron chi connectivity index (χ1n) is 7.45. The van der Waals surface area contributed by atoms with Crippen molar-refractivity contribution in [3.8, 4) is 0 Å². The van der Waals surface area contributed by atoms with Gasteiger partial charge in [-0.3, -0.25) is 0 Å². The molecule has 3 rings (SSSR count). The van der Waals surface area contributed by atoms with Crippen molar-refractivity contribution in [2.75, 3.05) is 6.54 Å². The molecule has 0 unspecified atom stereocenters. The van der Waals surface area contributed by atoms with E-state index in [1.165, 1.54) is 42.6 Å². The van der Waals surface area contributed by atoms with Crippen molar-refractivity contribution in [3.05, 3.63) is 29.6 Å². The van der Waals surface area contributed by atoms with Gasteiger partial charge in [-0.2, -0.15) is 0 Å². The minimum absolute atomic E-state index is 0.671. The maximum Gasteiger partial charge on any atom is 0.112 e. The molecule has 1 saturated carbocycles. The number of nitrogens with two attached hydrogens (primary N) is 1. The average molecular weight is 257 g/mol. The molecule has 2 N–H and O–H groups in total. The molecular formula is C16H23N3. The predicted molar refractivity (Wildman–Crippen MR) is 79.3 cm³/mol. The van der Waals surface area contributed by atoms with Crippen LogP contribution in [-0.4, -0.2) is 16.1 Å². The standard InChI is InChI=1S/C16H23N3/c1-19-15-9-8-12(5-4-10-17)11-14(15)18-16(19)13-6-2-3-7-13/h8-9,11,13H,2-7,10,17H2,1H3. The zero-order valence-electron chi connectivity index (χ0n) is 11.7. The molecule has 0 atom stereocenters. The van der Waals surface area contributed by atoms with Gasteiger partial charge in [-0.05, 0) is 49.9 Å². The molecule has 0 spiro atoms. The lowest BCUT2D eigenvalue weighted by Gasteiger charge is -2.08. The van der Waals surface area contributed by atoms with Crippen LogP contribution in [0.5, 0.6) is 0 Å². The lowest BCUT2D eigenvalue weighted by Crippen LogP contribution is -2.02. The van der Waals surface area contributed by atoms with Crippen LogP contribution in [-0.2, 0) is 13.5 Å². The largest absolute Gasteiger partial charge is 0.331 e. The number of imidazole rings is 1. The fourth-order valence-corrected chi connectivity index (χ4v) is 3.27. The fourth-order valence-electron chi connectivity index (χ4n) is 3.27. The van der Waals surface area contributed by atoms with E-state index in [-0.39, 0.29) is 0 Å². The van der Waals surface area contributed by atoms with Crippen molar-refractivity contribution in [3.63, 3.8) is 0 Å². The van der Waals surface area contributed by atoms with Gasteiger partial charge in [-0.15, -0.1) is 0 Å². The van der Waals surface area contributed by atoms with E-state index in [1.54, 1.807) is 0 Å². The maximum atomic E-state index is 5.58. The number of hydrogen-bond donors (Lipinski definition) is 1. The van der Waals surface area contributed by atoms with Crippen molar-refractivity contribution in [1.29, 1.82) is 0 Å². The highest BCUT2D eigenvalue weighted by Gasteiger charge is 2.22. The van der Waals surface area contributed by atoms with Crippen LogP contribution in [0.3, 0.4) is 0 Å². The number of hydrogen-bond acceptors (Lipinski definition) is 2. The highest BCUT2D eigenvalue weighted by Crippen LogP contribution is 2.34. The molecule has 1 aliphatic carbocycles. The van der Waals surface area contributed by atoms with E-state index in [0.29, 0.717) is 5.92 Å². The van der Waals surface area contributed by atoms with Gasteiger partial charge >= 0.3 is 0 Å². The van der Waals surface area contributed by atoms with Gasteiger partial charge < -0.3 is 10.3 Å². The smallest absolute Gasteiger partial charge is 0.112 e. The SMILES string of the molecule is Cn1c(C2CCCC2)nc2cc(CCCN)ccc21. The topological polar surface area (TPSA) is 43.8 Å². The minimum atomic E-state index is 0.671. The Labute approximate surface area is 114 Å². The van der Waals surface area contributed by atoms with E-state index in [9.17, 15) is 0 Å². The second kappa shape index (κ2) is 5.33. The Bertz CT molecular complexity index is 565. The normalized spacial score (nSPS) is 16.5. The Morgan fingerprint density at radius 1 is 1.32 bits per heavy atom. The van der Waals surface area contributed by atoms with Crippen molar-refractivity contribution in [1.82, 2.24) is 9.55 Å². The summed E-state index contributed by atoms with van der Waals surface area (Å²) in [7, 11) is 2.16. The summed E-state index contributed by atoms with van der Waals surface area (Å²) in [4.78, 5) is 4.89. The van der Waals surface area contributed by atoms with Crippen molar-refractivity contribution < 1.29 is 0 Å². The molecular weight excluding hydrogens is 234 g/mol. The zero-order valence-corrected chi connectivity index (χ0v) is 11.7. The van der Waals surface area contributed by atoms with Gasteiger partial charge in [-0.1, -0.05) is 18.9 Å². The molecule has 0 saturated heterocycles. The third-order valence-corrected chi connectivity index (χ3v) is 4.37. The molecule has 3 nitrogen and oxygen atoms in total. The Hall–Kier alpha value is -1.35. The van der Waals surface area contributed by atoms with Crippen LogP contribution in [0, 0.1) is 0 Å². The third-order valence-electron chi connectivity index (χ3n) is 4.37. The number of rotatable bonds is 4. The van der Waals surface area contributed by atoms with Gasteiger partial charge in [-0.25, -0.2) is 4.98 Å². The first kappa shape index (κ1) is 12.7. The zero-order chi connectivity index (χ0) is 13.2. The quantitative estimate of drug-likeness (QED) is 0.914. The van der Waals surface area contributed by atoms with E-state index >= 15 is 0 Å². The molecule has 2 aromatic rings. The summed E-state index contributed by atoms with van der Waals surface area (Å²) in [5, 5.41) is 0. The molecule has 1 aromatic carbocycles. The molecule has 0 aliphatic heterocycles. The molecule has 1 fully saturated rings. The van der Waals surface area contributed by atoms with Gasteiger partial charge in [0.25, 0.3) is 0 Å². The number of benzene rings is 1. The van der Waals surface area contributed by atoms with Gasteiger partial charge in [0.05, 0.1) is 11.0 Å². The second-order valence-corrected chi connectivity index (χ2v) is 5.73. The van der Waals surface area contributed by atoms with Crippen LogP contribution in [0.25, 0.3) is 11.0 Å². The van der Waals surface area contributed by atoms with Crippen molar-refractivity contribution in [2.24, 2.45) is 12.8 Å². The Morgan fingerprint density at radius 2 is 2.11 bits per heavy atom. The summed E-state index contributed by atoms with van der Waals surface area (Å²) in [5.41, 5.74) is 9.35. The van der Waals surface area contributed by atoms with Crippen molar-refractivity contribution in [2.45, 2.75) is 44.4 Å². The second-order valence-electron chi connectivity index (χ2n) is 5.73. The highest BCUT2D eigenvalue weighted by molar-refractivity contribution is 5.77. The molecule has 3 heteroatoms. The van der Waals surface area contributed by atoms with E-state index in [1.807, 2.05) is 0 Å². The summed E-state index contributed by atoms with van der Waals surface area (Å²) in [6.45, 7) is 0.758. The lowest BCUT2D eigenvalue weighted by molar-refractivity contribution is 0.639. The third kappa shape index (κ3) is 2.39. The van der Waals surface area contributed by atoms with Crippen LogP contribution in [0.1, 0.15) is 49.4 Å². The minimum Gasteiger partial charge on any atom is -0.331 e. The van der Waals surface area contributed by atoms with Crippen LogP contribution in [0.4, 0.5) is 0 Å². The maximum absolute atomic E-state index is 5.58. The van der Waals surface area contributed by atoms with Gasteiger partial charge in [0.15, 0.2) is 0 Å². The fraction of sp³-hybridized carbons (Fsp3) is 0.562. The summed E-state index contributed by atoms with van der Waals surface area (Å²) in [5.74, 6) is 1.95. The van der Waals surface area contributed by atoms with Gasteiger partial charge in [0, 0.05) is 13.0 Å². The monoisotopic (exact) mass is 257 g/mol. The van der Waals surface area contributed by atoms with E-state index in [4.69, 9.17) is 10.7 Å². The molecule has 1 aliphatic rings. The Balaban J connectivity index is 1.95. The average Bonchev–Trinajstić information content (AvgIpc) is 3.04. The first-order valence-corrected chi connectivity index (χ1v) is 7.45. The van der Waals surface area contributed by atoms with E-state index in [2.05, 4.69) is 29.8 Å². The predicted octanol–water partition coefficient (Wildman–Crippen LogP) is 3.12. The van der Waals surface area contributed by atoms with Gasteiger partial charge in [0.2, 0.25) is 0 Å². The van der Waals surface area contributed by atoms with E-state index < -0.39 is 0 Å². The molecule has 1 heterocycles. The van der Waals surface area contributed by atoms with Crippen LogP contribution in [0.15, 0.2) is 18.2 Å². The summed E-state index contributed by atoms with van der Waals surface area (Å²) in [6, 6.07) is 6.67. The number of aromatic nitrogens is 2. The lowest BCUT2D eigenvalue weighted by atomic mass is 10.1. The van der Waals surface area contributed by atoms with Crippen molar-refractivity contribution >= 4 is 11.0 Å². The van der Waals surface area contributed by atoms with Crippen LogP contribution >= 0.6 is 0 Å². The van der Waals surface area contributed by atoms with Gasteiger partial charge in [0.1, 0.15) is 5.82 Å². The summed E-state index contributed by atoms with van der Waals surface area (Å²) < 4.78 is 2.29. The molecule has 0 amide bonds. The number of aryl methyl sites for hydroxylation is 2. The van der Waals surface area contributed by atoms with Crippen LogP contribution in [0.2, 0.25) is 0 Å². The summed E-state index contributed by atoms with van der Waals surface area (Å²) in [6.07, 6.45) is 7.43. The molecule has 0 radical (unpaired) electrons.